The van der Waals surface area contributed by atoms with Crippen molar-refractivity contribution in [2.75, 3.05) is 18.1 Å². The van der Waals surface area contributed by atoms with Crippen LogP contribution in [0.15, 0.2) is 52.2 Å². The van der Waals surface area contributed by atoms with Crippen molar-refractivity contribution < 1.29 is 23.5 Å². The molecule has 0 aliphatic carbocycles. The van der Waals surface area contributed by atoms with E-state index in [-0.39, 0.29) is 31.3 Å². The minimum Gasteiger partial charge on any atom is -0.469 e. The molecular weight excluding hydrogens is 412 g/mol. The highest BCUT2D eigenvalue weighted by molar-refractivity contribution is 5.98. The van der Waals surface area contributed by atoms with Crippen molar-refractivity contribution >= 4 is 29.7 Å². The second-order valence-corrected chi connectivity index (χ2v) is 7.56. The number of anilines is 1. The van der Waals surface area contributed by atoms with Gasteiger partial charge in [-0.1, -0.05) is 12.1 Å². The van der Waals surface area contributed by atoms with E-state index in [0.29, 0.717) is 18.7 Å². The maximum Gasteiger partial charge on any atom is 0.329 e. The lowest BCUT2D eigenvalue weighted by atomic mass is 9.92. The van der Waals surface area contributed by atoms with Crippen LogP contribution in [0.4, 0.5) is 5.69 Å². The van der Waals surface area contributed by atoms with E-state index in [9.17, 15) is 14.4 Å². The Kier molecular flexibility index (Phi) is 8.02. The maximum absolute atomic E-state index is 13.0. The van der Waals surface area contributed by atoms with Gasteiger partial charge in [-0.2, -0.15) is 5.10 Å². The molecule has 2 aromatic rings. The lowest BCUT2D eigenvalue weighted by Crippen LogP contribution is -2.46. The molecule has 2 unspecified atom stereocenters. The SMILES string of the molecule is CCOC(=O)C(Cc1ccco1)NC(=O)CC1CCCN(c2ccc(C=NN)cc2)C1=O. The van der Waals surface area contributed by atoms with E-state index in [2.05, 4.69) is 10.4 Å². The molecule has 0 radical (unpaired) electrons. The number of piperidine rings is 1. The lowest BCUT2D eigenvalue weighted by Gasteiger charge is -2.32. The van der Waals surface area contributed by atoms with Gasteiger partial charge in [0.2, 0.25) is 11.8 Å². The smallest absolute Gasteiger partial charge is 0.329 e. The van der Waals surface area contributed by atoms with Gasteiger partial charge in [-0.05, 0) is 49.6 Å². The highest BCUT2D eigenvalue weighted by Gasteiger charge is 2.32. The van der Waals surface area contributed by atoms with Crippen LogP contribution in [0.2, 0.25) is 0 Å². The monoisotopic (exact) mass is 440 g/mol. The molecule has 2 heterocycles. The number of hydrogen-bond acceptors (Lipinski definition) is 7. The molecule has 1 fully saturated rings. The Morgan fingerprint density at radius 2 is 2.12 bits per heavy atom. The number of nitrogens with one attached hydrogen (secondary N) is 1. The van der Waals surface area contributed by atoms with Crippen LogP contribution in [0.5, 0.6) is 0 Å². The molecule has 3 N–H and O–H groups in total. The number of hydrazone groups is 1. The summed E-state index contributed by atoms with van der Waals surface area (Å²) in [5.41, 5.74) is 1.59. The first-order chi connectivity index (χ1) is 15.5. The summed E-state index contributed by atoms with van der Waals surface area (Å²) in [6, 6.07) is 9.88. The molecule has 170 valence electrons. The van der Waals surface area contributed by atoms with Crippen molar-refractivity contribution in [2.45, 2.75) is 38.6 Å². The second kappa shape index (κ2) is 11.1. The number of amides is 2. The third-order valence-electron chi connectivity index (χ3n) is 5.30. The minimum atomic E-state index is -0.875. The summed E-state index contributed by atoms with van der Waals surface area (Å²) in [6.07, 6.45) is 4.61. The fourth-order valence-corrected chi connectivity index (χ4v) is 3.77. The molecule has 1 aliphatic heterocycles. The molecule has 1 aliphatic rings. The van der Waals surface area contributed by atoms with Crippen LogP contribution in [0.25, 0.3) is 0 Å². The Hall–Kier alpha value is -3.62. The van der Waals surface area contributed by atoms with Crippen molar-refractivity contribution in [3.8, 4) is 0 Å². The maximum atomic E-state index is 13.0. The highest BCUT2D eigenvalue weighted by atomic mass is 16.5. The Morgan fingerprint density at radius 1 is 1.34 bits per heavy atom. The average molecular weight is 441 g/mol. The van der Waals surface area contributed by atoms with Crippen molar-refractivity contribution in [3.05, 3.63) is 54.0 Å². The van der Waals surface area contributed by atoms with Gasteiger partial charge in [0.25, 0.3) is 0 Å². The van der Waals surface area contributed by atoms with Crippen molar-refractivity contribution in [2.24, 2.45) is 16.9 Å². The summed E-state index contributed by atoms with van der Waals surface area (Å²) in [4.78, 5) is 39.8. The van der Waals surface area contributed by atoms with Crippen LogP contribution in [0, 0.1) is 5.92 Å². The first kappa shape index (κ1) is 23.1. The van der Waals surface area contributed by atoms with Gasteiger partial charge in [0.15, 0.2) is 0 Å². The van der Waals surface area contributed by atoms with Crippen LogP contribution >= 0.6 is 0 Å². The van der Waals surface area contributed by atoms with Crippen LogP contribution in [-0.4, -0.2) is 43.2 Å². The van der Waals surface area contributed by atoms with Crippen LogP contribution < -0.4 is 16.1 Å². The zero-order valence-corrected chi connectivity index (χ0v) is 18.0. The average Bonchev–Trinajstić information content (AvgIpc) is 3.29. The van der Waals surface area contributed by atoms with Gasteiger partial charge in [-0.3, -0.25) is 9.59 Å². The van der Waals surface area contributed by atoms with Gasteiger partial charge in [0.1, 0.15) is 11.8 Å². The van der Waals surface area contributed by atoms with Crippen LogP contribution in [0.3, 0.4) is 0 Å². The van der Waals surface area contributed by atoms with Gasteiger partial charge in [0.05, 0.1) is 19.1 Å². The molecule has 1 aromatic heterocycles. The predicted molar refractivity (Wildman–Crippen MR) is 119 cm³/mol. The molecule has 2 amide bonds. The van der Waals surface area contributed by atoms with Crippen LogP contribution in [-0.2, 0) is 25.5 Å². The van der Waals surface area contributed by atoms with E-state index in [1.54, 1.807) is 24.0 Å². The van der Waals surface area contributed by atoms with Crippen LogP contribution in [0.1, 0.15) is 37.5 Å². The number of nitrogens with two attached hydrogens (primary N) is 1. The summed E-state index contributed by atoms with van der Waals surface area (Å²) in [7, 11) is 0. The molecule has 3 rings (SSSR count). The fourth-order valence-electron chi connectivity index (χ4n) is 3.77. The Balaban J connectivity index is 1.63. The topological polar surface area (TPSA) is 127 Å². The number of nitrogens with zero attached hydrogens (tertiary/aromatic N) is 2. The first-order valence-electron chi connectivity index (χ1n) is 10.6. The predicted octanol–water partition coefficient (Wildman–Crippen LogP) is 2.00. The number of benzene rings is 1. The van der Waals surface area contributed by atoms with Gasteiger partial charge < -0.3 is 25.2 Å². The Bertz CT molecular complexity index is 940. The van der Waals surface area contributed by atoms with Gasteiger partial charge in [-0.25, -0.2) is 4.79 Å². The van der Waals surface area contributed by atoms with Crippen molar-refractivity contribution in [1.29, 1.82) is 0 Å². The molecule has 0 saturated carbocycles. The number of ether oxygens (including phenoxy) is 1. The summed E-state index contributed by atoms with van der Waals surface area (Å²) in [5, 5.41) is 6.20. The van der Waals surface area contributed by atoms with E-state index in [1.165, 1.54) is 12.5 Å². The molecule has 32 heavy (non-hydrogen) atoms. The summed E-state index contributed by atoms with van der Waals surface area (Å²) < 4.78 is 10.4. The zero-order chi connectivity index (χ0) is 22.9. The quantitative estimate of drug-likeness (QED) is 0.266. The minimum absolute atomic E-state index is 0.00130. The molecule has 1 saturated heterocycles. The van der Waals surface area contributed by atoms with E-state index >= 15 is 0 Å². The third-order valence-corrected chi connectivity index (χ3v) is 5.30. The van der Waals surface area contributed by atoms with Gasteiger partial charge in [0, 0.05) is 31.0 Å². The van der Waals surface area contributed by atoms with Gasteiger partial charge in [-0.15, -0.1) is 0 Å². The fraction of sp³-hybridized carbons (Fsp3) is 0.391. The summed E-state index contributed by atoms with van der Waals surface area (Å²) in [6.45, 7) is 2.49. The largest absolute Gasteiger partial charge is 0.469 e. The lowest BCUT2D eigenvalue weighted by molar-refractivity contribution is -0.147. The molecule has 1 aromatic carbocycles. The van der Waals surface area contributed by atoms with E-state index in [0.717, 1.165) is 17.7 Å². The number of hydrogen-bond donors (Lipinski definition) is 2. The molecule has 0 spiro atoms. The van der Waals surface area contributed by atoms with Gasteiger partial charge >= 0.3 is 5.97 Å². The molecular formula is C23H28N4O5. The summed E-state index contributed by atoms with van der Waals surface area (Å²) >= 11 is 0. The molecule has 2 atom stereocenters. The van der Waals surface area contributed by atoms with E-state index in [1.807, 2.05) is 24.3 Å². The standard InChI is InChI=1S/C23H28N4O5/c1-2-31-23(30)20(14-19-6-4-12-32-19)26-21(28)13-17-5-3-11-27(22(17)29)18-9-7-16(8-10-18)15-25-24/h4,6-10,12,15,17,20H,2-3,5,11,13-14,24H2,1H3,(H,26,28). The number of carbonyl (C=O) groups excluding carboxylic acids is 3. The number of furan rings is 1. The normalized spacial score (nSPS) is 17.3. The summed E-state index contributed by atoms with van der Waals surface area (Å²) in [5.74, 6) is 4.26. The second-order valence-electron chi connectivity index (χ2n) is 7.56. The Labute approximate surface area is 186 Å². The van der Waals surface area contributed by atoms with Crippen molar-refractivity contribution in [3.63, 3.8) is 0 Å². The molecule has 9 nitrogen and oxygen atoms in total. The first-order valence-corrected chi connectivity index (χ1v) is 10.6. The molecule has 9 heteroatoms. The third kappa shape index (κ3) is 5.96. The number of rotatable bonds is 9. The highest BCUT2D eigenvalue weighted by Crippen LogP contribution is 2.26. The zero-order valence-electron chi connectivity index (χ0n) is 18.0. The molecule has 0 bridgehead atoms. The Morgan fingerprint density at radius 3 is 2.78 bits per heavy atom. The van der Waals surface area contributed by atoms with E-state index in [4.69, 9.17) is 15.0 Å². The number of esters is 1. The van der Waals surface area contributed by atoms with E-state index < -0.39 is 17.9 Å². The van der Waals surface area contributed by atoms with Crippen molar-refractivity contribution in [1.82, 2.24) is 5.32 Å². The number of carbonyl (C=O) groups is 3.